The molecule has 2 unspecified atom stereocenters. The maximum absolute atomic E-state index is 11.7. The first-order valence-corrected chi connectivity index (χ1v) is 5.77. The number of ether oxygens (including phenoxy) is 2. The van der Waals surface area contributed by atoms with E-state index >= 15 is 0 Å². The molecule has 16 heavy (non-hydrogen) atoms. The molecule has 0 bridgehead atoms. The summed E-state index contributed by atoms with van der Waals surface area (Å²) >= 11 is 0. The summed E-state index contributed by atoms with van der Waals surface area (Å²) in [6.07, 6.45) is 2.69. The lowest BCUT2D eigenvalue weighted by atomic mass is 10.0. The molecule has 1 aliphatic heterocycles. The van der Waals surface area contributed by atoms with Gasteiger partial charge in [0.15, 0.2) is 11.9 Å². The fourth-order valence-corrected chi connectivity index (χ4v) is 1.84. The van der Waals surface area contributed by atoms with E-state index < -0.39 is 6.10 Å². The van der Waals surface area contributed by atoms with Crippen molar-refractivity contribution < 1.29 is 19.4 Å². The Balaban J connectivity index is 2.69. The molecule has 0 saturated carbocycles. The van der Waals surface area contributed by atoms with Crippen LogP contribution >= 0.6 is 0 Å². The number of methoxy groups -OCH3 is 1. The van der Waals surface area contributed by atoms with Crippen molar-refractivity contribution in [3.05, 3.63) is 11.5 Å². The molecule has 1 rings (SSSR count). The second-order valence-electron chi connectivity index (χ2n) is 4.07. The lowest BCUT2D eigenvalue weighted by Crippen LogP contribution is -2.41. The number of carbonyl (C=O) groups excluding carboxylic acids is 1. The van der Waals surface area contributed by atoms with Gasteiger partial charge in [-0.3, -0.25) is 4.79 Å². The first-order chi connectivity index (χ1) is 7.61. The highest BCUT2D eigenvalue weighted by molar-refractivity contribution is 5.98. The quantitative estimate of drug-likeness (QED) is 0.734. The molecule has 0 aromatic heterocycles. The fraction of sp³-hybridized carbons (Fsp3) is 0.750. The Labute approximate surface area is 96.2 Å². The van der Waals surface area contributed by atoms with Crippen LogP contribution in [0, 0.1) is 0 Å². The van der Waals surface area contributed by atoms with Crippen molar-refractivity contribution in [2.24, 2.45) is 0 Å². The molecule has 0 radical (unpaired) electrons. The molecule has 92 valence electrons. The van der Waals surface area contributed by atoms with Gasteiger partial charge in [-0.2, -0.15) is 0 Å². The SMILES string of the molecule is CCCCCC1=C(O)C(=O)C(OC)C(C)O1. The second-order valence-corrected chi connectivity index (χ2v) is 4.07. The minimum atomic E-state index is -0.685. The molecular formula is C12H20O4. The van der Waals surface area contributed by atoms with E-state index in [0.717, 1.165) is 19.3 Å². The Bertz CT molecular complexity index is 283. The smallest absolute Gasteiger partial charge is 0.233 e. The van der Waals surface area contributed by atoms with Crippen LogP contribution in [0.2, 0.25) is 0 Å². The van der Waals surface area contributed by atoms with Gasteiger partial charge in [0, 0.05) is 13.5 Å². The molecular weight excluding hydrogens is 208 g/mol. The molecule has 1 aliphatic rings. The van der Waals surface area contributed by atoms with E-state index in [2.05, 4.69) is 6.92 Å². The Hall–Kier alpha value is -1.03. The number of aliphatic hydroxyl groups is 1. The molecule has 4 nitrogen and oxygen atoms in total. The van der Waals surface area contributed by atoms with Crippen molar-refractivity contribution in [3.8, 4) is 0 Å². The summed E-state index contributed by atoms with van der Waals surface area (Å²) in [7, 11) is 1.44. The zero-order chi connectivity index (χ0) is 12.1. The normalized spacial score (nSPS) is 25.8. The van der Waals surface area contributed by atoms with Crippen LogP contribution in [-0.4, -0.2) is 30.2 Å². The maximum atomic E-state index is 11.7. The Morgan fingerprint density at radius 3 is 2.69 bits per heavy atom. The highest BCUT2D eigenvalue weighted by Crippen LogP contribution is 2.25. The van der Waals surface area contributed by atoms with Gasteiger partial charge in [-0.15, -0.1) is 0 Å². The summed E-state index contributed by atoms with van der Waals surface area (Å²) in [4.78, 5) is 11.7. The molecule has 0 amide bonds. The van der Waals surface area contributed by atoms with Crippen molar-refractivity contribution >= 4 is 5.78 Å². The van der Waals surface area contributed by atoms with Crippen molar-refractivity contribution in [1.82, 2.24) is 0 Å². The molecule has 0 aliphatic carbocycles. The predicted octanol–water partition coefficient (Wildman–Crippen LogP) is 2.34. The summed E-state index contributed by atoms with van der Waals surface area (Å²) < 4.78 is 10.5. The zero-order valence-corrected chi connectivity index (χ0v) is 10.2. The van der Waals surface area contributed by atoms with E-state index in [4.69, 9.17) is 9.47 Å². The van der Waals surface area contributed by atoms with Crippen LogP contribution in [0.3, 0.4) is 0 Å². The van der Waals surface area contributed by atoms with Crippen molar-refractivity contribution in [2.75, 3.05) is 7.11 Å². The fourth-order valence-electron chi connectivity index (χ4n) is 1.84. The second kappa shape index (κ2) is 5.89. The molecule has 1 N–H and O–H groups in total. The van der Waals surface area contributed by atoms with Gasteiger partial charge in [-0.25, -0.2) is 0 Å². The summed E-state index contributed by atoms with van der Waals surface area (Å²) in [6, 6.07) is 0. The molecule has 0 saturated heterocycles. The minimum Gasteiger partial charge on any atom is -0.502 e. The highest BCUT2D eigenvalue weighted by Gasteiger charge is 2.36. The number of aliphatic hydroxyl groups excluding tert-OH is 1. The van der Waals surface area contributed by atoms with Gasteiger partial charge in [0.05, 0.1) is 0 Å². The third-order valence-electron chi connectivity index (χ3n) is 2.77. The number of hydrogen-bond acceptors (Lipinski definition) is 4. The minimum absolute atomic E-state index is 0.263. The van der Waals surface area contributed by atoms with E-state index in [1.54, 1.807) is 6.92 Å². The topological polar surface area (TPSA) is 55.8 Å². The van der Waals surface area contributed by atoms with Crippen molar-refractivity contribution in [3.63, 3.8) is 0 Å². The lowest BCUT2D eigenvalue weighted by molar-refractivity contribution is -0.139. The van der Waals surface area contributed by atoms with Crippen LogP contribution in [0.4, 0.5) is 0 Å². The third kappa shape index (κ3) is 2.76. The monoisotopic (exact) mass is 228 g/mol. The zero-order valence-electron chi connectivity index (χ0n) is 10.2. The van der Waals surface area contributed by atoms with Crippen LogP contribution in [0.15, 0.2) is 11.5 Å². The predicted molar refractivity (Wildman–Crippen MR) is 60.1 cm³/mol. The van der Waals surface area contributed by atoms with E-state index in [9.17, 15) is 9.90 Å². The highest BCUT2D eigenvalue weighted by atomic mass is 16.5. The lowest BCUT2D eigenvalue weighted by Gasteiger charge is -2.29. The van der Waals surface area contributed by atoms with Crippen LogP contribution < -0.4 is 0 Å². The summed E-state index contributed by atoms with van der Waals surface area (Å²) in [5.41, 5.74) is 0. The molecule has 0 aromatic carbocycles. The van der Waals surface area contributed by atoms with E-state index in [1.807, 2.05) is 0 Å². The number of carbonyl (C=O) groups is 1. The Morgan fingerprint density at radius 1 is 1.44 bits per heavy atom. The molecule has 1 heterocycles. The number of ketones is 1. The summed E-state index contributed by atoms with van der Waals surface area (Å²) in [6.45, 7) is 3.88. The van der Waals surface area contributed by atoms with Crippen molar-refractivity contribution in [2.45, 2.75) is 51.7 Å². The van der Waals surface area contributed by atoms with Crippen LogP contribution in [0.5, 0.6) is 0 Å². The number of unbranched alkanes of at least 4 members (excludes halogenated alkanes) is 2. The van der Waals surface area contributed by atoms with Gasteiger partial charge in [-0.1, -0.05) is 19.8 Å². The molecule has 0 spiro atoms. The molecule has 4 heteroatoms. The summed E-state index contributed by atoms with van der Waals surface area (Å²) in [5.74, 6) is -0.215. The maximum Gasteiger partial charge on any atom is 0.233 e. The first-order valence-electron chi connectivity index (χ1n) is 5.77. The largest absolute Gasteiger partial charge is 0.502 e. The van der Waals surface area contributed by atoms with Gasteiger partial charge in [0.1, 0.15) is 11.9 Å². The third-order valence-corrected chi connectivity index (χ3v) is 2.77. The van der Waals surface area contributed by atoms with Crippen LogP contribution in [-0.2, 0) is 14.3 Å². The van der Waals surface area contributed by atoms with Crippen molar-refractivity contribution in [1.29, 1.82) is 0 Å². The van der Waals surface area contributed by atoms with Crippen LogP contribution in [0.1, 0.15) is 39.5 Å². The van der Waals surface area contributed by atoms with Gasteiger partial charge in [0.2, 0.25) is 5.78 Å². The van der Waals surface area contributed by atoms with Gasteiger partial charge in [-0.05, 0) is 13.3 Å². The average molecular weight is 228 g/mol. The van der Waals surface area contributed by atoms with Gasteiger partial charge >= 0.3 is 0 Å². The average Bonchev–Trinajstić information content (AvgIpc) is 2.26. The molecule has 0 aromatic rings. The van der Waals surface area contributed by atoms with E-state index in [1.165, 1.54) is 7.11 Å². The summed E-state index contributed by atoms with van der Waals surface area (Å²) in [5, 5.41) is 9.68. The number of Topliss-reactive ketones (excluding diaryl/α,β-unsaturated/α-hetero) is 1. The number of rotatable bonds is 5. The Kier molecular flexibility index (Phi) is 4.80. The Morgan fingerprint density at radius 2 is 2.12 bits per heavy atom. The molecule has 2 atom stereocenters. The first kappa shape index (κ1) is 13.0. The standard InChI is InChI=1S/C12H20O4/c1-4-5-6-7-9-10(13)11(14)12(15-3)8(2)16-9/h8,12-13H,4-7H2,1-3H3. The van der Waals surface area contributed by atoms with E-state index in [0.29, 0.717) is 12.2 Å². The molecule has 0 fully saturated rings. The number of hydrogen-bond donors (Lipinski definition) is 1. The van der Waals surface area contributed by atoms with E-state index in [-0.39, 0.29) is 17.6 Å². The van der Waals surface area contributed by atoms with Gasteiger partial charge in [0.25, 0.3) is 0 Å². The van der Waals surface area contributed by atoms with Crippen LogP contribution in [0.25, 0.3) is 0 Å². The van der Waals surface area contributed by atoms with Gasteiger partial charge < -0.3 is 14.6 Å². The number of allylic oxidation sites excluding steroid dienone is 1.